The molecule has 2 unspecified atom stereocenters. The molecule has 0 spiro atoms. The largest absolute Gasteiger partial charge is 0.444 e. The Morgan fingerprint density at radius 2 is 1.94 bits per heavy atom. The number of thiocarbonyl (C=S) groups is 1. The number of anilines is 1. The fourth-order valence-electron chi connectivity index (χ4n) is 4.74. The van der Waals surface area contributed by atoms with Crippen LogP contribution in [0.3, 0.4) is 0 Å². The van der Waals surface area contributed by atoms with Crippen LogP contribution in [0.4, 0.5) is 10.5 Å². The highest BCUT2D eigenvalue weighted by Crippen LogP contribution is 2.46. The Kier molecular flexibility index (Phi) is 6.78. The fraction of sp³-hybridized carbons (Fsp3) is 0.462. The minimum atomic E-state index is -0.549. The van der Waals surface area contributed by atoms with E-state index in [0.29, 0.717) is 29.9 Å². The van der Waals surface area contributed by atoms with E-state index in [9.17, 15) is 4.79 Å². The van der Waals surface area contributed by atoms with E-state index >= 15 is 0 Å². The first kappa shape index (κ1) is 23.1. The predicted octanol–water partition coefficient (Wildman–Crippen LogP) is 6.96. The molecule has 4 nitrogen and oxygen atoms in total. The highest BCUT2D eigenvalue weighted by atomic mass is 35.5. The summed E-state index contributed by atoms with van der Waals surface area (Å²) in [6, 6.07) is 14.2. The summed E-state index contributed by atoms with van der Waals surface area (Å²) in [5.41, 5.74) is 4.12. The molecule has 1 N–H and O–H groups in total. The number of hydrogen-bond donors (Lipinski definition) is 1. The average molecular weight is 471 g/mol. The average Bonchev–Trinajstić information content (AvgIpc) is 3.20. The molecular weight excluding hydrogens is 440 g/mol. The van der Waals surface area contributed by atoms with Gasteiger partial charge in [-0.1, -0.05) is 54.5 Å². The van der Waals surface area contributed by atoms with Crippen molar-refractivity contribution in [3.63, 3.8) is 0 Å². The van der Waals surface area contributed by atoms with Gasteiger partial charge in [0.15, 0.2) is 0 Å². The van der Waals surface area contributed by atoms with Crippen LogP contribution in [0.15, 0.2) is 42.5 Å². The predicted molar refractivity (Wildman–Crippen MR) is 135 cm³/mol. The lowest BCUT2D eigenvalue weighted by Gasteiger charge is -2.31. The van der Waals surface area contributed by atoms with Crippen molar-refractivity contribution in [2.24, 2.45) is 5.92 Å². The van der Waals surface area contributed by atoms with Gasteiger partial charge in [-0.3, -0.25) is 0 Å². The van der Waals surface area contributed by atoms with Gasteiger partial charge in [-0.2, -0.15) is 0 Å². The molecule has 2 atom stereocenters. The Morgan fingerprint density at radius 3 is 2.69 bits per heavy atom. The number of carbonyl (C=O) groups is 1. The molecule has 1 aliphatic heterocycles. The minimum Gasteiger partial charge on any atom is -0.444 e. The van der Waals surface area contributed by atoms with Crippen molar-refractivity contribution in [1.82, 2.24) is 4.90 Å². The van der Waals surface area contributed by atoms with Gasteiger partial charge in [-0.25, -0.2) is 4.79 Å². The number of carbonyl (C=O) groups excluding carboxylic acids is 1. The van der Waals surface area contributed by atoms with E-state index in [0.717, 1.165) is 22.7 Å². The van der Waals surface area contributed by atoms with Gasteiger partial charge >= 0.3 is 6.09 Å². The first-order valence-corrected chi connectivity index (χ1v) is 12.1. The van der Waals surface area contributed by atoms with Crippen molar-refractivity contribution < 1.29 is 9.53 Å². The third kappa shape index (κ3) is 5.44. The van der Waals surface area contributed by atoms with Crippen LogP contribution in [0, 0.1) is 5.92 Å². The standard InChI is InChI=1S/C26H31ClN2O2S/c1-26(2,3)31-25(30)29(16-18-6-4-7-19(27)14-18)13-12-17-10-11-21-20-8-5-9-22(20)24(32)28-23(21)15-17/h4,6-7,10-11,14-15,20,22H,5,8-9,12-13,16H2,1-3H3,(H,28,32). The highest BCUT2D eigenvalue weighted by molar-refractivity contribution is 7.80. The Labute approximate surface area is 201 Å². The van der Waals surface area contributed by atoms with Gasteiger partial charge in [0, 0.05) is 29.7 Å². The Morgan fingerprint density at radius 1 is 1.16 bits per heavy atom. The molecule has 2 aromatic carbocycles. The number of halogens is 1. The van der Waals surface area contributed by atoms with Crippen LogP contribution in [0.5, 0.6) is 0 Å². The summed E-state index contributed by atoms with van der Waals surface area (Å²) in [5, 5.41) is 4.13. The molecular formula is C26H31ClN2O2S. The molecule has 1 aliphatic carbocycles. The SMILES string of the molecule is CC(C)(C)OC(=O)N(CCc1ccc2c(c1)NC(=S)C1CCCC21)Cc1cccc(Cl)c1. The van der Waals surface area contributed by atoms with E-state index in [4.69, 9.17) is 28.6 Å². The second-order valence-electron chi connectivity index (χ2n) is 9.84. The third-order valence-electron chi connectivity index (χ3n) is 6.21. The molecule has 32 heavy (non-hydrogen) atoms. The monoisotopic (exact) mass is 470 g/mol. The molecule has 2 aromatic rings. The van der Waals surface area contributed by atoms with Gasteiger partial charge in [0.2, 0.25) is 0 Å². The molecule has 0 aromatic heterocycles. The summed E-state index contributed by atoms with van der Waals surface area (Å²) >= 11 is 11.8. The Hall–Kier alpha value is -2.11. The minimum absolute atomic E-state index is 0.316. The van der Waals surface area contributed by atoms with Gasteiger partial charge < -0.3 is 15.0 Å². The molecule has 170 valence electrons. The molecule has 6 heteroatoms. The maximum atomic E-state index is 12.9. The zero-order valence-electron chi connectivity index (χ0n) is 19.0. The van der Waals surface area contributed by atoms with Crippen LogP contribution in [0.1, 0.15) is 62.6 Å². The maximum Gasteiger partial charge on any atom is 0.410 e. The van der Waals surface area contributed by atoms with Gasteiger partial charge in [-0.05, 0) is 80.8 Å². The summed E-state index contributed by atoms with van der Waals surface area (Å²) in [6.07, 6.45) is 4.06. The van der Waals surface area contributed by atoms with Crippen molar-refractivity contribution in [2.75, 3.05) is 11.9 Å². The fourth-order valence-corrected chi connectivity index (χ4v) is 5.35. The third-order valence-corrected chi connectivity index (χ3v) is 6.85. The molecule has 0 saturated heterocycles. The van der Waals surface area contributed by atoms with Gasteiger partial charge in [0.05, 0.1) is 4.99 Å². The number of nitrogens with one attached hydrogen (secondary N) is 1. The summed E-state index contributed by atoms with van der Waals surface area (Å²) < 4.78 is 5.67. The van der Waals surface area contributed by atoms with Crippen LogP contribution in [-0.4, -0.2) is 28.1 Å². The smallest absolute Gasteiger partial charge is 0.410 e. The van der Waals surface area contributed by atoms with E-state index in [2.05, 4.69) is 23.5 Å². The van der Waals surface area contributed by atoms with Crippen molar-refractivity contribution in [3.05, 3.63) is 64.2 Å². The number of rotatable bonds is 5. The molecule has 1 saturated carbocycles. The first-order chi connectivity index (χ1) is 15.2. The molecule has 1 heterocycles. The summed E-state index contributed by atoms with van der Waals surface area (Å²) in [7, 11) is 0. The highest BCUT2D eigenvalue weighted by Gasteiger charge is 2.36. The summed E-state index contributed by atoms with van der Waals surface area (Å²) in [5.74, 6) is 1.04. The number of nitrogens with zero attached hydrogens (tertiary/aromatic N) is 1. The zero-order valence-corrected chi connectivity index (χ0v) is 20.6. The van der Waals surface area contributed by atoms with Crippen molar-refractivity contribution in [3.8, 4) is 0 Å². The second kappa shape index (κ2) is 9.40. The summed E-state index contributed by atoms with van der Waals surface area (Å²) in [6.45, 7) is 6.66. The molecule has 0 radical (unpaired) electrons. The van der Waals surface area contributed by atoms with Crippen molar-refractivity contribution in [2.45, 2.75) is 64.5 Å². The molecule has 1 amide bonds. The number of ether oxygens (including phenoxy) is 1. The Bertz CT molecular complexity index is 1020. The van der Waals surface area contributed by atoms with E-state index in [-0.39, 0.29) is 6.09 Å². The summed E-state index contributed by atoms with van der Waals surface area (Å²) in [4.78, 5) is 15.6. The molecule has 4 rings (SSSR count). The van der Waals surface area contributed by atoms with Gasteiger partial charge in [0.25, 0.3) is 0 Å². The van der Waals surface area contributed by atoms with E-state index in [1.165, 1.54) is 30.4 Å². The van der Waals surface area contributed by atoms with Crippen molar-refractivity contribution >= 4 is 40.6 Å². The normalized spacial score (nSPS) is 19.7. The lowest BCUT2D eigenvalue weighted by atomic mass is 9.84. The van der Waals surface area contributed by atoms with Gasteiger partial charge in [0.1, 0.15) is 5.60 Å². The Balaban J connectivity index is 1.49. The van der Waals surface area contributed by atoms with E-state index in [1.54, 1.807) is 4.90 Å². The second-order valence-corrected chi connectivity index (χ2v) is 10.7. The number of fused-ring (bicyclic) bond motifs is 3. The first-order valence-electron chi connectivity index (χ1n) is 11.4. The molecule has 1 fully saturated rings. The van der Waals surface area contributed by atoms with Gasteiger partial charge in [-0.15, -0.1) is 0 Å². The topological polar surface area (TPSA) is 41.6 Å². The number of hydrogen-bond acceptors (Lipinski definition) is 3. The van der Waals surface area contributed by atoms with E-state index < -0.39 is 5.60 Å². The lowest BCUT2D eigenvalue weighted by molar-refractivity contribution is 0.0236. The van der Waals surface area contributed by atoms with Crippen molar-refractivity contribution in [1.29, 1.82) is 0 Å². The lowest BCUT2D eigenvalue weighted by Crippen LogP contribution is -2.37. The van der Waals surface area contributed by atoms with Crippen LogP contribution in [0.2, 0.25) is 5.02 Å². The van der Waals surface area contributed by atoms with Crippen LogP contribution in [0.25, 0.3) is 0 Å². The van der Waals surface area contributed by atoms with Crippen LogP contribution in [-0.2, 0) is 17.7 Å². The maximum absolute atomic E-state index is 12.9. The zero-order chi connectivity index (χ0) is 22.9. The van der Waals surface area contributed by atoms with E-state index in [1.807, 2.05) is 45.0 Å². The van der Waals surface area contributed by atoms with Crippen LogP contribution >= 0.6 is 23.8 Å². The quantitative estimate of drug-likeness (QED) is 0.479. The van der Waals surface area contributed by atoms with Crippen LogP contribution < -0.4 is 5.32 Å². The molecule has 2 aliphatic rings. The number of benzene rings is 2. The molecule has 0 bridgehead atoms. The number of amides is 1.